The standard InChI is InChI=1S/C26H18F3NO5/c27-26(28,29)35-18-13-16(12-17(14-18)24(31)32)6-5-11-30-25(33)34-15-23-21-9-3-1-7-19(21)20-8-2-4-10-22(20)23/h1-4,7-10,12-14,23H,11,15H2,(H,30,33)(H,31,32). The predicted molar refractivity (Wildman–Crippen MR) is 120 cm³/mol. The zero-order valence-corrected chi connectivity index (χ0v) is 18.1. The average Bonchev–Trinajstić information content (AvgIpc) is 3.13. The van der Waals surface area contributed by atoms with Crippen LogP contribution in [0.1, 0.15) is 33.0 Å². The molecular weight excluding hydrogens is 463 g/mol. The van der Waals surface area contributed by atoms with Crippen molar-refractivity contribution in [1.82, 2.24) is 5.32 Å². The molecule has 0 aliphatic heterocycles. The lowest BCUT2D eigenvalue weighted by molar-refractivity contribution is -0.274. The maximum Gasteiger partial charge on any atom is 0.573 e. The molecule has 9 heteroatoms. The van der Waals surface area contributed by atoms with Gasteiger partial charge in [0.25, 0.3) is 0 Å². The predicted octanol–water partition coefficient (Wildman–Crippen LogP) is 5.17. The number of hydrogen-bond donors (Lipinski definition) is 2. The van der Waals surface area contributed by atoms with Gasteiger partial charge in [0.1, 0.15) is 12.4 Å². The van der Waals surface area contributed by atoms with Gasteiger partial charge in [-0.1, -0.05) is 60.4 Å². The van der Waals surface area contributed by atoms with E-state index in [9.17, 15) is 22.8 Å². The number of hydrogen-bond acceptors (Lipinski definition) is 4. The lowest BCUT2D eigenvalue weighted by Gasteiger charge is -2.14. The Morgan fingerprint density at radius 2 is 1.60 bits per heavy atom. The summed E-state index contributed by atoms with van der Waals surface area (Å²) in [5.41, 5.74) is 3.90. The Hall–Kier alpha value is -4.45. The van der Waals surface area contributed by atoms with Crippen molar-refractivity contribution in [3.05, 3.63) is 89.0 Å². The number of carboxylic acid groups (broad SMARTS) is 1. The van der Waals surface area contributed by atoms with Gasteiger partial charge < -0.3 is 19.9 Å². The van der Waals surface area contributed by atoms with E-state index in [1.165, 1.54) is 0 Å². The molecule has 0 aromatic heterocycles. The molecule has 0 atom stereocenters. The van der Waals surface area contributed by atoms with E-state index in [0.29, 0.717) is 0 Å². The molecule has 0 radical (unpaired) electrons. The second-order valence-electron chi connectivity index (χ2n) is 7.58. The van der Waals surface area contributed by atoms with Gasteiger partial charge in [-0.05, 0) is 40.5 Å². The SMILES string of the molecule is O=C(NCC#Cc1cc(OC(F)(F)F)cc(C(=O)O)c1)OCC1c2ccccc2-c2ccccc21. The first-order chi connectivity index (χ1) is 16.7. The average molecular weight is 481 g/mol. The van der Waals surface area contributed by atoms with E-state index in [1.807, 2.05) is 48.5 Å². The van der Waals surface area contributed by atoms with Gasteiger partial charge in [0.2, 0.25) is 0 Å². The number of rotatable bonds is 5. The number of alkyl carbamates (subject to hydrolysis) is 1. The lowest BCUT2D eigenvalue weighted by atomic mass is 9.98. The maximum absolute atomic E-state index is 12.5. The van der Waals surface area contributed by atoms with Crippen molar-refractivity contribution >= 4 is 12.1 Å². The van der Waals surface area contributed by atoms with Gasteiger partial charge >= 0.3 is 18.4 Å². The molecule has 0 heterocycles. The Balaban J connectivity index is 1.37. The molecule has 0 saturated heterocycles. The highest BCUT2D eigenvalue weighted by Crippen LogP contribution is 2.44. The second-order valence-corrected chi connectivity index (χ2v) is 7.58. The van der Waals surface area contributed by atoms with Crippen LogP contribution in [0.15, 0.2) is 66.7 Å². The van der Waals surface area contributed by atoms with Gasteiger partial charge in [0, 0.05) is 11.5 Å². The topological polar surface area (TPSA) is 84.9 Å². The molecule has 0 fully saturated rings. The highest BCUT2D eigenvalue weighted by atomic mass is 19.4. The van der Waals surface area contributed by atoms with E-state index >= 15 is 0 Å². The van der Waals surface area contributed by atoms with Crippen LogP contribution in [0.4, 0.5) is 18.0 Å². The van der Waals surface area contributed by atoms with Crippen molar-refractivity contribution < 1.29 is 37.3 Å². The monoisotopic (exact) mass is 481 g/mol. The first-order valence-electron chi connectivity index (χ1n) is 10.4. The molecule has 2 N–H and O–H groups in total. The normalized spacial score (nSPS) is 12.1. The fraction of sp³-hybridized carbons (Fsp3) is 0.154. The number of aromatic carboxylic acids is 1. The van der Waals surface area contributed by atoms with Crippen LogP contribution in [-0.4, -0.2) is 36.7 Å². The Morgan fingerprint density at radius 1 is 0.971 bits per heavy atom. The zero-order chi connectivity index (χ0) is 25.0. The zero-order valence-electron chi connectivity index (χ0n) is 18.1. The third-order valence-corrected chi connectivity index (χ3v) is 5.28. The van der Waals surface area contributed by atoms with Crippen LogP contribution in [-0.2, 0) is 4.74 Å². The molecule has 3 aromatic rings. The van der Waals surface area contributed by atoms with E-state index in [2.05, 4.69) is 21.9 Å². The number of halogens is 3. The van der Waals surface area contributed by atoms with Gasteiger partial charge in [-0.15, -0.1) is 13.2 Å². The molecule has 178 valence electrons. The molecule has 0 spiro atoms. The van der Waals surface area contributed by atoms with Crippen molar-refractivity contribution in [2.24, 2.45) is 0 Å². The summed E-state index contributed by atoms with van der Waals surface area (Å²) in [6.07, 6.45) is -5.69. The van der Waals surface area contributed by atoms with E-state index in [4.69, 9.17) is 9.84 Å². The van der Waals surface area contributed by atoms with Crippen molar-refractivity contribution in [1.29, 1.82) is 0 Å². The number of fused-ring (bicyclic) bond motifs is 3. The third kappa shape index (κ3) is 5.73. The number of amides is 1. The highest BCUT2D eigenvalue weighted by Gasteiger charge is 2.31. The van der Waals surface area contributed by atoms with Gasteiger partial charge in [-0.25, -0.2) is 9.59 Å². The minimum absolute atomic E-state index is 0.0153. The van der Waals surface area contributed by atoms with E-state index < -0.39 is 29.7 Å². The number of carbonyl (C=O) groups is 2. The number of ether oxygens (including phenoxy) is 2. The molecule has 1 amide bonds. The summed E-state index contributed by atoms with van der Waals surface area (Å²) >= 11 is 0. The molecule has 4 rings (SSSR count). The third-order valence-electron chi connectivity index (χ3n) is 5.28. The molecule has 35 heavy (non-hydrogen) atoms. The van der Waals surface area contributed by atoms with Crippen LogP contribution < -0.4 is 10.1 Å². The molecule has 1 aliphatic rings. The van der Waals surface area contributed by atoms with Crippen molar-refractivity contribution in [2.45, 2.75) is 12.3 Å². The van der Waals surface area contributed by atoms with Crippen LogP contribution >= 0.6 is 0 Å². The van der Waals surface area contributed by atoms with Crippen LogP contribution in [0.5, 0.6) is 5.75 Å². The number of carbonyl (C=O) groups excluding carboxylic acids is 1. The van der Waals surface area contributed by atoms with E-state index in [-0.39, 0.29) is 24.6 Å². The van der Waals surface area contributed by atoms with Crippen molar-refractivity contribution in [3.8, 4) is 28.7 Å². The first-order valence-corrected chi connectivity index (χ1v) is 10.4. The summed E-state index contributed by atoms with van der Waals surface area (Å²) in [5, 5.41) is 11.5. The van der Waals surface area contributed by atoms with Gasteiger partial charge in [-0.2, -0.15) is 0 Å². The molecular formula is C26H18F3NO5. The summed E-state index contributed by atoms with van der Waals surface area (Å²) in [6, 6.07) is 18.6. The van der Waals surface area contributed by atoms with Crippen LogP contribution in [0.25, 0.3) is 11.1 Å². The summed E-state index contributed by atoms with van der Waals surface area (Å²) < 4.78 is 46.6. The first kappa shape index (κ1) is 23.7. The lowest BCUT2D eigenvalue weighted by Crippen LogP contribution is -2.26. The number of carboxylic acids is 1. The smallest absolute Gasteiger partial charge is 0.478 e. The molecule has 6 nitrogen and oxygen atoms in total. The minimum atomic E-state index is -4.98. The fourth-order valence-electron chi connectivity index (χ4n) is 3.90. The summed E-state index contributed by atoms with van der Waals surface area (Å²) in [5.74, 6) is 2.83. The van der Waals surface area contributed by atoms with Crippen LogP contribution in [0.2, 0.25) is 0 Å². The minimum Gasteiger partial charge on any atom is -0.478 e. The Morgan fingerprint density at radius 3 is 2.20 bits per heavy atom. The largest absolute Gasteiger partial charge is 0.573 e. The molecule has 0 bridgehead atoms. The molecule has 3 aromatic carbocycles. The van der Waals surface area contributed by atoms with Gasteiger partial charge in [0.15, 0.2) is 0 Å². The highest BCUT2D eigenvalue weighted by molar-refractivity contribution is 5.88. The van der Waals surface area contributed by atoms with Crippen molar-refractivity contribution in [3.63, 3.8) is 0 Å². The Bertz CT molecular complexity index is 1300. The van der Waals surface area contributed by atoms with E-state index in [0.717, 1.165) is 40.5 Å². The summed E-state index contributed by atoms with van der Waals surface area (Å²) in [6.45, 7) is -0.0461. The second kappa shape index (κ2) is 9.81. The molecule has 0 unspecified atom stereocenters. The van der Waals surface area contributed by atoms with Crippen molar-refractivity contribution in [2.75, 3.05) is 13.2 Å². The Labute approximate surface area is 198 Å². The molecule has 1 aliphatic carbocycles. The molecule has 0 saturated carbocycles. The Kier molecular flexibility index (Phi) is 6.64. The fourth-order valence-corrected chi connectivity index (χ4v) is 3.90. The number of nitrogens with one attached hydrogen (secondary N) is 1. The van der Waals surface area contributed by atoms with Gasteiger partial charge in [0.05, 0.1) is 12.1 Å². The van der Waals surface area contributed by atoms with E-state index in [1.54, 1.807) is 0 Å². The maximum atomic E-state index is 12.5. The number of alkyl halides is 3. The number of benzene rings is 3. The van der Waals surface area contributed by atoms with Crippen LogP contribution in [0.3, 0.4) is 0 Å². The van der Waals surface area contributed by atoms with Crippen LogP contribution in [0, 0.1) is 11.8 Å². The summed E-state index contributed by atoms with van der Waals surface area (Å²) in [7, 11) is 0. The van der Waals surface area contributed by atoms with Gasteiger partial charge in [-0.3, -0.25) is 0 Å². The summed E-state index contributed by atoms with van der Waals surface area (Å²) in [4.78, 5) is 23.3. The quantitative estimate of drug-likeness (QED) is 0.491.